The van der Waals surface area contributed by atoms with E-state index in [0.717, 1.165) is 11.3 Å². The molecule has 2 heterocycles. The molecule has 4 N–H and O–H groups in total. The van der Waals surface area contributed by atoms with Crippen molar-refractivity contribution in [2.45, 2.75) is 25.4 Å². The van der Waals surface area contributed by atoms with Gasteiger partial charge in [0.2, 0.25) is 5.95 Å². The zero-order valence-electron chi connectivity index (χ0n) is 12.2. The van der Waals surface area contributed by atoms with E-state index in [2.05, 4.69) is 9.97 Å². The third kappa shape index (κ3) is 3.42. The van der Waals surface area contributed by atoms with Crippen LogP contribution < -0.4 is 10.6 Å². The van der Waals surface area contributed by atoms with Crippen LogP contribution in [-0.2, 0) is 9.47 Å². The van der Waals surface area contributed by atoms with Gasteiger partial charge in [-0.15, -0.1) is 0 Å². The highest BCUT2D eigenvalue weighted by Crippen LogP contribution is 2.23. The molecule has 10 heteroatoms. The van der Waals surface area contributed by atoms with E-state index in [1.165, 1.54) is 24.8 Å². The van der Waals surface area contributed by atoms with Crippen molar-refractivity contribution in [1.82, 2.24) is 14.5 Å². The van der Waals surface area contributed by atoms with Gasteiger partial charge < -0.3 is 25.4 Å². The van der Waals surface area contributed by atoms with Crippen molar-refractivity contribution in [1.29, 1.82) is 0 Å². The van der Waals surface area contributed by atoms with Crippen molar-refractivity contribution in [3.8, 4) is 0 Å². The minimum absolute atomic E-state index is 0.0130. The van der Waals surface area contributed by atoms with Gasteiger partial charge in [0.1, 0.15) is 6.10 Å². The number of ether oxygens (including phenoxy) is 2. The minimum Gasteiger partial charge on any atom is -0.394 e. The van der Waals surface area contributed by atoms with E-state index in [1.54, 1.807) is 0 Å². The molecule has 0 saturated carbocycles. The number of anilines is 1. The average Bonchev–Trinajstić information content (AvgIpc) is 2.78. The maximum absolute atomic E-state index is 12.2. The van der Waals surface area contributed by atoms with E-state index in [-0.39, 0.29) is 29.7 Å². The van der Waals surface area contributed by atoms with Crippen LogP contribution in [0.25, 0.3) is 10.3 Å². The number of nitrogen functional groups attached to an aromatic ring is 1. The fourth-order valence-electron chi connectivity index (χ4n) is 1.98. The number of nitrogens with two attached hydrogens (primary N) is 1. The van der Waals surface area contributed by atoms with Crippen molar-refractivity contribution < 1.29 is 19.7 Å². The Morgan fingerprint density at radius 2 is 2.27 bits per heavy atom. The number of fused-ring (bicyclic) bond motifs is 1. The standard InChI is InChI=1S/C12H18N4O5S/c1-6(18)10(21-7(4-17)5-20-2)16-9-8(22-12(16)19)3-14-11(13)15-9/h3,6-7,10,17-18H,4-5H2,1-2H3,(H2,13,14,15)/t6-,7-,10-/m1/s1. The van der Waals surface area contributed by atoms with Gasteiger partial charge in [-0.05, 0) is 6.92 Å². The van der Waals surface area contributed by atoms with Gasteiger partial charge in [-0.3, -0.25) is 9.36 Å². The lowest BCUT2D eigenvalue weighted by molar-refractivity contribution is -0.139. The number of hydrogen-bond acceptors (Lipinski definition) is 9. The Bertz CT molecular complexity index is 686. The lowest BCUT2D eigenvalue weighted by atomic mass is 10.3. The highest BCUT2D eigenvalue weighted by molar-refractivity contribution is 7.16. The van der Waals surface area contributed by atoms with Crippen LogP contribution in [0.2, 0.25) is 0 Å². The first-order valence-electron chi connectivity index (χ1n) is 6.54. The second kappa shape index (κ2) is 7.11. The van der Waals surface area contributed by atoms with E-state index >= 15 is 0 Å². The maximum atomic E-state index is 12.2. The minimum atomic E-state index is -1.03. The van der Waals surface area contributed by atoms with E-state index in [4.69, 9.17) is 15.2 Å². The summed E-state index contributed by atoms with van der Waals surface area (Å²) in [6, 6.07) is 0. The van der Waals surface area contributed by atoms with Gasteiger partial charge in [-0.25, -0.2) is 4.98 Å². The van der Waals surface area contributed by atoms with Crippen LogP contribution in [0.3, 0.4) is 0 Å². The van der Waals surface area contributed by atoms with E-state index in [1.807, 2.05) is 0 Å². The predicted molar refractivity (Wildman–Crippen MR) is 80.6 cm³/mol. The number of aromatic nitrogens is 3. The van der Waals surface area contributed by atoms with Crippen molar-refractivity contribution in [3.05, 3.63) is 15.9 Å². The van der Waals surface area contributed by atoms with E-state index in [0.29, 0.717) is 4.70 Å². The molecule has 0 spiro atoms. The summed E-state index contributed by atoms with van der Waals surface area (Å²) in [5.41, 5.74) is 5.84. The molecule has 2 rings (SSSR count). The molecule has 2 aromatic heterocycles. The Morgan fingerprint density at radius 3 is 2.86 bits per heavy atom. The molecule has 0 aliphatic carbocycles. The summed E-state index contributed by atoms with van der Waals surface area (Å²) >= 11 is 0.923. The summed E-state index contributed by atoms with van der Waals surface area (Å²) in [6.07, 6.45) is -1.29. The van der Waals surface area contributed by atoms with Crippen LogP contribution in [0.1, 0.15) is 13.2 Å². The summed E-state index contributed by atoms with van der Waals surface area (Å²) < 4.78 is 12.3. The first kappa shape index (κ1) is 16.8. The summed E-state index contributed by atoms with van der Waals surface area (Å²) in [4.78, 5) is 19.7. The summed E-state index contributed by atoms with van der Waals surface area (Å²) in [5, 5.41) is 19.3. The monoisotopic (exact) mass is 330 g/mol. The molecule has 0 aliphatic rings. The van der Waals surface area contributed by atoms with Gasteiger partial charge in [-0.2, -0.15) is 4.98 Å². The molecule has 2 aromatic rings. The van der Waals surface area contributed by atoms with Gasteiger partial charge in [0, 0.05) is 7.11 Å². The smallest absolute Gasteiger partial charge is 0.311 e. The number of aliphatic hydroxyl groups is 2. The maximum Gasteiger partial charge on any atom is 0.311 e. The largest absolute Gasteiger partial charge is 0.394 e. The Kier molecular flexibility index (Phi) is 5.42. The van der Waals surface area contributed by atoms with Gasteiger partial charge in [0.15, 0.2) is 11.9 Å². The highest BCUT2D eigenvalue weighted by atomic mass is 32.1. The summed E-state index contributed by atoms with van der Waals surface area (Å²) in [6.45, 7) is 1.28. The molecular weight excluding hydrogens is 312 g/mol. The molecule has 122 valence electrons. The molecule has 0 aromatic carbocycles. The van der Waals surface area contributed by atoms with E-state index < -0.39 is 18.4 Å². The zero-order valence-corrected chi connectivity index (χ0v) is 13.0. The average molecular weight is 330 g/mol. The number of hydrogen-bond donors (Lipinski definition) is 3. The van der Waals surface area contributed by atoms with Crippen molar-refractivity contribution >= 4 is 27.6 Å². The molecule has 3 atom stereocenters. The topological polar surface area (TPSA) is 133 Å². The lowest BCUT2D eigenvalue weighted by Crippen LogP contribution is -2.36. The SMILES string of the molecule is COC[C@@H](CO)O[C@H]([C@@H](C)O)n1c(=O)sc2cnc(N)nc21. The fraction of sp³-hybridized carbons (Fsp3) is 0.583. The van der Waals surface area contributed by atoms with Crippen LogP contribution in [0.4, 0.5) is 5.95 Å². The molecule has 0 aliphatic heterocycles. The van der Waals surface area contributed by atoms with Crippen molar-refractivity contribution in [2.75, 3.05) is 26.1 Å². The highest BCUT2D eigenvalue weighted by Gasteiger charge is 2.27. The Hall–Kier alpha value is -1.59. The molecule has 0 amide bonds. The van der Waals surface area contributed by atoms with Crippen LogP contribution in [-0.4, -0.2) is 57.3 Å². The second-order valence-corrected chi connectivity index (χ2v) is 5.67. The summed E-state index contributed by atoms with van der Waals surface area (Å²) in [7, 11) is 1.46. The number of nitrogens with zero attached hydrogens (tertiary/aromatic N) is 3. The van der Waals surface area contributed by atoms with Gasteiger partial charge in [-0.1, -0.05) is 11.3 Å². The van der Waals surface area contributed by atoms with Gasteiger partial charge in [0.25, 0.3) is 0 Å². The van der Waals surface area contributed by atoms with E-state index in [9.17, 15) is 15.0 Å². The first-order valence-corrected chi connectivity index (χ1v) is 7.36. The number of aliphatic hydroxyl groups excluding tert-OH is 2. The molecule has 0 fully saturated rings. The van der Waals surface area contributed by atoms with Crippen LogP contribution >= 0.6 is 11.3 Å². The summed E-state index contributed by atoms with van der Waals surface area (Å²) in [5.74, 6) is 0.0130. The van der Waals surface area contributed by atoms with Crippen molar-refractivity contribution in [2.24, 2.45) is 0 Å². The zero-order chi connectivity index (χ0) is 16.3. The quantitative estimate of drug-likeness (QED) is 0.609. The Balaban J connectivity index is 2.46. The van der Waals surface area contributed by atoms with Crippen LogP contribution in [0.5, 0.6) is 0 Å². The third-order valence-electron chi connectivity index (χ3n) is 2.93. The fourth-order valence-corrected chi connectivity index (χ4v) is 2.80. The molecule has 0 saturated heterocycles. The molecule has 22 heavy (non-hydrogen) atoms. The molecule has 0 radical (unpaired) electrons. The number of methoxy groups -OCH3 is 1. The molecule has 9 nitrogen and oxygen atoms in total. The van der Waals surface area contributed by atoms with Crippen LogP contribution in [0, 0.1) is 0 Å². The molecular formula is C12H18N4O5S. The molecule has 0 bridgehead atoms. The van der Waals surface area contributed by atoms with Gasteiger partial charge >= 0.3 is 4.87 Å². The van der Waals surface area contributed by atoms with Crippen molar-refractivity contribution in [3.63, 3.8) is 0 Å². The van der Waals surface area contributed by atoms with Gasteiger partial charge in [0.05, 0.1) is 30.2 Å². The Labute approximate surface area is 129 Å². The number of rotatable bonds is 7. The number of thiazole rings is 1. The predicted octanol–water partition coefficient (Wildman–Crippen LogP) is -0.662. The normalized spacial score (nSPS) is 15.8. The molecule has 0 unspecified atom stereocenters. The second-order valence-electron chi connectivity index (χ2n) is 4.68. The van der Waals surface area contributed by atoms with Crippen LogP contribution in [0.15, 0.2) is 11.0 Å². The Morgan fingerprint density at radius 1 is 1.55 bits per heavy atom. The first-order chi connectivity index (χ1) is 10.5. The lowest BCUT2D eigenvalue weighted by Gasteiger charge is -2.26. The third-order valence-corrected chi connectivity index (χ3v) is 3.81.